The van der Waals surface area contributed by atoms with Crippen LogP contribution in [0.25, 0.3) is 6.08 Å². The molecule has 6 nitrogen and oxygen atoms in total. The molecule has 0 aliphatic carbocycles. The van der Waals surface area contributed by atoms with Crippen LogP contribution in [-0.2, 0) is 11.8 Å². The van der Waals surface area contributed by atoms with Crippen molar-refractivity contribution in [3.05, 3.63) is 82.9 Å². The van der Waals surface area contributed by atoms with Crippen LogP contribution in [0, 0.1) is 0 Å². The first-order valence-electron chi connectivity index (χ1n) is 8.94. The number of rotatable bonds is 7. The van der Waals surface area contributed by atoms with Crippen molar-refractivity contribution in [2.45, 2.75) is 6.04 Å². The molecule has 7 heteroatoms. The van der Waals surface area contributed by atoms with Gasteiger partial charge in [-0.05, 0) is 41.5 Å². The Labute approximate surface area is 174 Å². The summed E-state index contributed by atoms with van der Waals surface area (Å²) in [6.07, 6.45) is 6.73. The van der Waals surface area contributed by atoms with E-state index in [9.17, 15) is 4.79 Å². The first kappa shape index (κ1) is 20.5. The second-order valence-corrected chi connectivity index (χ2v) is 6.81. The zero-order chi connectivity index (χ0) is 20.8. The fourth-order valence-corrected chi connectivity index (χ4v) is 3.01. The van der Waals surface area contributed by atoms with Gasteiger partial charge < -0.3 is 19.4 Å². The maximum Gasteiger partial charge on any atom is 0.244 e. The lowest BCUT2D eigenvalue weighted by Gasteiger charge is -2.20. The van der Waals surface area contributed by atoms with Gasteiger partial charge in [-0.1, -0.05) is 23.7 Å². The van der Waals surface area contributed by atoms with Crippen LogP contribution in [0.1, 0.15) is 23.0 Å². The van der Waals surface area contributed by atoms with Crippen molar-refractivity contribution in [1.29, 1.82) is 0 Å². The summed E-state index contributed by atoms with van der Waals surface area (Å²) in [5.74, 6) is 1.69. The van der Waals surface area contributed by atoms with Gasteiger partial charge in [0.1, 0.15) is 23.4 Å². The van der Waals surface area contributed by atoms with Gasteiger partial charge in [0.25, 0.3) is 0 Å². The molecule has 0 saturated heterocycles. The van der Waals surface area contributed by atoms with Crippen LogP contribution in [0.4, 0.5) is 0 Å². The molecule has 0 radical (unpaired) electrons. The molecule has 1 heterocycles. The molecule has 150 valence electrons. The summed E-state index contributed by atoms with van der Waals surface area (Å²) < 4.78 is 12.6. The Morgan fingerprint density at radius 3 is 2.34 bits per heavy atom. The number of amides is 1. The molecular formula is C22H22ClN3O3. The van der Waals surface area contributed by atoms with E-state index in [1.807, 2.05) is 42.1 Å². The molecule has 3 rings (SSSR count). The monoisotopic (exact) mass is 411 g/mol. The number of benzene rings is 2. The third kappa shape index (κ3) is 5.18. The quantitative estimate of drug-likeness (QED) is 0.596. The van der Waals surface area contributed by atoms with E-state index >= 15 is 0 Å². The van der Waals surface area contributed by atoms with Gasteiger partial charge in [-0.2, -0.15) is 0 Å². The van der Waals surface area contributed by atoms with Crippen molar-refractivity contribution in [3.8, 4) is 11.5 Å². The van der Waals surface area contributed by atoms with Crippen LogP contribution in [0.3, 0.4) is 0 Å². The van der Waals surface area contributed by atoms with Crippen LogP contribution >= 0.6 is 11.6 Å². The predicted molar refractivity (Wildman–Crippen MR) is 113 cm³/mol. The number of nitrogens with zero attached hydrogens (tertiary/aromatic N) is 2. The van der Waals surface area contributed by atoms with Crippen LogP contribution in [0.2, 0.25) is 5.02 Å². The van der Waals surface area contributed by atoms with Gasteiger partial charge in [0.15, 0.2) is 0 Å². The molecule has 0 aliphatic heterocycles. The SMILES string of the molecule is COc1cc(OC)cc(C(NC(=O)/C=C/c2ccc(Cl)cc2)c2nccn2C)c1. The van der Waals surface area contributed by atoms with Crippen LogP contribution in [0.5, 0.6) is 11.5 Å². The number of imidazole rings is 1. The Morgan fingerprint density at radius 1 is 1.14 bits per heavy atom. The van der Waals surface area contributed by atoms with Crippen molar-refractivity contribution < 1.29 is 14.3 Å². The van der Waals surface area contributed by atoms with E-state index in [4.69, 9.17) is 21.1 Å². The van der Waals surface area contributed by atoms with Crippen molar-refractivity contribution >= 4 is 23.6 Å². The molecule has 0 spiro atoms. The number of halogens is 1. The second kappa shape index (κ2) is 9.30. The van der Waals surface area contributed by atoms with Gasteiger partial charge in [-0.25, -0.2) is 4.98 Å². The molecule has 29 heavy (non-hydrogen) atoms. The van der Waals surface area contributed by atoms with Crippen molar-refractivity contribution in [3.63, 3.8) is 0 Å². The summed E-state index contributed by atoms with van der Waals surface area (Å²) in [6, 6.07) is 12.2. The average Bonchev–Trinajstić information content (AvgIpc) is 3.16. The fourth-order valence-electron chi connectivity index (χ4n) is 2.88. The van der Waals surface area contributed by atoms with Crippen molar-refractivity contribution in [2.75, 3.05) is 14.2 Å². The Morgan fingerprint density at radius 2 is 1.79 bits per heavy atom. The number of ether oxygens (including phenoxy) is 2. The third-order valence-electron chi connectivity index (χ3n) is 4.41. The van der Waals surface area contributed by atoms with Gasteiger partial charge >= 0.3 is 0 Å². The van der Waals surface area contributed by atoms with E-state index < -0.39 is 6.04 Å². The summed E-state index contributed by atoms with van der Waals surface area (Å²) in [5.41, 5.74) is 1.67. The smallest absolute Gasteiger partial charge is 0.244 e. The average molecular weight is 412 g/mol. The Bertz CT molecular complexity index is 990. The Kier molecular flexibility index (Phi) is 6.57. The highest BCUT2D eigenvalue weighted by Crippen LogP contribution is 2.29. The third-order valence-corrected chi connectivity index (χ3v) is 4.66. The highest BCUT2D eigenvalue weighted by Gasteiger charge is 2.21. The zero-order valence-electron chi connectivity index (χ0n) is 16.4. The number of aromatic nitrogens is 2. The minimum atomic E-state index is -0.485. The van der Waals surface area contributed by atoms with E-state index in [-0.39, 0.29) is 5.91 Å². The first-order valence-corrected chi connectivity index (χ1v) is 9.32. The van der Waals surface area contributed by atoms with E-state index in [2.05, 4.69) is 10.3 Å². The molecule has 1 amide bonds. The minimum Gasteiger partial charge on any atom is -0.497 e. The maximum absolute atomic E-state index is 12.7. The molecular weight excluding hydrogens is 390 g/mol. The number of carbonyl (C=O) groups excluding carboxylic acids is 1. The highest BCUT2D eigenvalue weighted by atomic mass is 35.5. The maximum atomic E-state index is 12.7. The summed E-state index contributed by atoms with van der Waals surface area (Å²) in [4.78, 5) is 17.1. The van der Waals surface area contributed by atoms with E-state index in [1.54, 1.807) is 44.7 Å². The standard InChI is InChI=1S/C22H22ClN3O3/c1-26-11-10-24-22(26)21(16-12-18(28-2)14-19(13-16)29-3)25-20(27)9-6-15-4-7-17(23)8-5-15/h4-14,21H,1-3H3,(H,25,27)/b9-6+. The summed E-state index contributed by atoms with van der Waals surface area (Å²) in [6.45, 7) is 0. The molecule has 0 saturated carbocycles. The lowest BCUT2D eigenvalue weighted by atomic mass is 10.0. The number of hydrogen-bond acceptors (Lipinski definition) is 4. The fraction of sp³-hybridized carbons (Fsp3) is 0.182. The normalized spacial score (nSPS) is 12.0. The predicted octanol–water partition coefficient (Wildman–Crippen LogP) is 4.01. The number of methoxy groups -OCH3 is 2. The van der Waals surface area contributed by atoms with Crippen LogP contribution < -0.4 is 14.8 Å². The summed E-state index contributed by atoms with van der Waals surface area (Å²) in [7, 11) is 5.05. The van der Waals surface area contributed by atoms with Gasteiger partial charge in [0, 0.05) is 36.6 Å². The van der Waals surface area contributed by atoms with Gasteiger partial charge in [-0.3, -0.25) is 4.79 Å². The lowest BCUT2D eigenvalue weighted by molar-refractivity contribution is -0.117. The first-order chi connectivity index (χ1) is 14.0. The summed E-state index contributed by atoms with van der Waals surface area (Å²) in [5, 5.41) is 3.66. The second-order valence-electron chi connectivity index (χ2n) is 6.37. The summed E-state index contributed by atoms with van der Waals surface area (Å²) >= 11 is 5.90. The zero-order valence-corrected chi connectivity index (χ0v) is 17.2. The molecule has 0 fully saturated rings. The van der Waals surface area contributed by atoms with Gasteiger partial charge in [0.2, 0.25) is 5.91 Å². The van der Waals surface area contributed by atoms with Crippen molar-refractivity contribution in [1.82, 2.24) is 14.9 Å². The molecule has 1 atom stereocenters. The van der Waals surface area contributed by atoms with E-state index in [0.717, 1.165) is 11.1 Å². The molecule has 1 aromatic heterocycles. The van der Waals surface area contributed by atoms with Gasteiger partial charge in [0.05, 0.1) is 14.2 Å². The number of nitrogens with one attached hydrogen (secondary N) is 1. The Hall–Kier alpha value is -3.25. The minimum absolute atomic E-state index is 0.255. The van der Waals surface area contributed by atoms with Crippen LogP contribution in [-0.4, -0.2) is 29.7 Å². The molecule has 0 aliphatic rings. The molecule has 0 bridgehead atoms. The molecule has 2 aromatic carbocycles. The highest BCUT2D eigenvalue weighted by molar-refractivity contribution is 6.30. The van der Waals surface area contributed by atoms with Gasteiger partial charge in [-0.15, -0.1) is 0 Å². The number of aryl methyl sites for hydroxylation is 1. The lowest BCUT2D eigenvalue weighted by Crippen LogP contribution is -2.29. The topological polar surface area (TPSA) is 65.4 Å². The molecule has 1 N–H and O–H groups in total. The van der Waals surface area contributed by atoms with Crippen LogP contribution in [0.15, 0.2) is 60.9 Å². The number of carbonyl (C=O) groups is 1. The van der Waals surface area contributed by atoms with E-state index in [0.29, 0.717) is 22.3 Å². The molecule has 3 aromatic rings. The Balaban J connectivity index is 1.90. The largest absolute Gasteiger partial charge is 0.497 e. The van der Waals surface area contributed by atoms with E-state index in [1.165, 1.54) is 6.08 Å². The van der Waals surface area contributed by atoms with Crippen molar-refractivity contribution in [2.24, 2.45) is 7.05 Å². The molecule has 1 unspecified atom stereocenters. The number of hydrogen-bond donors (Lipinski definition) is 1.